The summed E-state index contributed by atoms with van der Waals surface area (Å²) >= 11 is 0. The summed E-state index contributed by atoms with van der Waals surface area (Å²) in [5.41, 5.74) is 18.1. The van der Waals surface area contributed by atoms with Crippen LogP contribution < -0.4 is 0 Å². The molecule has 0 radical (unpaired) electrons. The molecule has 0 fully saturated rings. The summed E-state index contributed by atoms with van der Waals surface area (Å²) in [5, 5.41) is 0. The van der Waals surface area contributed by atoms with Crippen LogP contribution >= 0.6 is 0 Å². The van der Waals surface area contributed by atoms with Crippen molar-refractivity contribution in [3.63, 3.8) is 0 Å². The molecule has 1 atom stereocenters. The molecule has 0 aromatic heterocycles. The van der Waals surface area contributed by atoms with Crippen molar-refractivity contribution in [2.24, 2.45) is 0 Å². The molecular formula is C20H12. The van der Waals surface area contributed by atoms with Gasteiger partial charge in [-0.2, -0.15) is 0 Å². The number of allylic oxidation sites excluding steroid dienone is 4. The predicted octanol–water partition coefficient (Wildman–Crippen LogP) is 4.44. The molecule has 2 aromatic carbocycles. The SMILES string of the molecule is C1=C2CC(=C1)c1c3c4c5c(c12)Cc1cccc(c1-5)C4C3. The molecule has 7 rings (SSSR count). The molecular weight excluding hydrogens is 240 g/mol. The molecule has 5 aliphatic rings. The first-order chi connectivity index (χ1) is 9.92. The van der Waals surface area contributed by atoms with Gasteiger partial charge in [0.1, 0.15) is 0 Å². The van der Waals surface area contributed by atoms with Crippen molar-refractivity contribution in [3.8, 4) is 11.1 Å². The average molecular weight is 252 g/mol. The van der Waals surface area contributed by atoms with E-state index in [2.05, 4.69) is 30.4 Å². The smallest absolute Gasteiger partial charge is 0.0145 e. The molecule has 0 heteroatoms. The van der Waals surface area contributed by atoms with Gasteiger partial charge in [-0.3, -0.25) is 0 Å². The lowest BCUT2D eigenvalue weighted by atomic mass is 9.71. The number of hydrogen-bond donors (Lipinski definition) is 0. The number of rotatable bonds is 0. The molecule has 2 bridgehead atoms. The monoisotopic (exact) mass is 252 g/mol. The standard InChI is InChI=1S/C20H12/c1-2-9-7-14-17-10-4-5-11(6-10)18(17)15-8-13-12(3-1)16(9)20(14)19(13)15/h1-5,13H,6-8H2. The maximum Gasteiger partial charge on any atom is 0.0145 e. The summed E-state index contributed by atoms with van der Waals surface area (Å²) in [6, 6.07) is 7.00. The highest BCUT2D eigenvalue weighted by atomic mass is 14.5. The first kappa shape index (κ1) is 8.97. The Kier molecular flexibility index (Phi) is 1.09. The number of hydrogen-bond acceptors (Lipinski definition) is 0. The minimum Gasteiger partial charge on any atom is -0.0616 e. The Balaban J connectivity index is 1.76. The van der Waals surface area contributed by atoms with Gasteiger partial charge in [-0.25, -0.2) is 0 Å². The van der Waals surface area contributed by atoms with Crippen LogP contribution in [0.3, 0.4) is 0 Å². The van der Waals surface area contributed by atoms with Crippen molar-refractivity contribution in [2.75, 3.05) is 0 Å². The Morgan fingerprint density at radius 3 is 2.55 bits per heavy atom. The number of fused-ring (bicyclic) bond motifs is 8. The second-order valence-corrected chi connectivity index (χ2v) is 6.87. The van der Waals surface area contributed by atoms with Gasteiger partial charge in [0, 0.05) is 5.92 Å². The summed E-state index contributed by atoms with van der Waals surface area (Å²) in [6.07, 6.45) is 8.38. The van der Waals surface area contributed by atoms with Crippen molar-refractivity contribution in [2.45, 2.75) is 25.2 Å². The van der Waals surface area contributed by atoms with Gasteiger partial charge in [0.25, 0.3) is 0 Å². The molecule has 0 heterocycles. The maximum absolute atomic E-state index is 2.37. The molecule has 20 heavy (non-hydrogen) atoms. The Hall–Kier alpha value is -2.08. The van der Waals surface area contributed by atoms with E-state index in [-0.39, 0.29) is 0 Å². The third-order valence-electron chi connectivity index (χ3n) is 6.19. The summed E-state index contributed by atoms with van der Waals surface area (Å²) in [7, 11) is 0. The third-order valence-corrected chi connectivity index (χ3v) is 6.19. The molecule has 0 aliphatic heterocycles. The lowest BCUT2D eigenvalue weighted by Crippen LogP contribution is -2.19. The molecule has 5 aliphatic carbocycles. The van der Waals surface area contributed by atoms with Crippen molar-refractivity contribution in [1.29, 1.82) is 0 Å². The van der Waals surface area contributed by atoms with Crippen LogP contribution in [0.15, 0.2) is 30.4 Å². The van der Waals surface area contributed by atoms with Gasteiger partial charge in [-0.05, 0) is 80.5 Å². The molecule has 2 aromatic rings. The second kappa shape index (κ2) is 2.44. The summed E-state index contributed by atoms with van der Waals surface area (Å²) in [6.45, 7) is 0. The third kappa shape index (κ3) is 0.666. The van der Waals surface area contributed by atoms with Gasteiger partial charge in [-0.15, -0.1) is 0 Å². The van der Waals surface area contributed by atoms with E-state index in [1.807, 2.05) is 0 Å². The van der Waals surface area contributed by atoms with E-state index in [1.54, 1.807) is 61.2 Å². The van der Waals surface area contributed by atoms with E-state index in [1.165, 1.54) is 19.3 Å². The van der Waals surface area contributed by atoms with Crippen molar-refractivity contribution >= 4 is 11.1 Å². The highest BCUT2D eigenvalue weighted by Crippen LogP contribution is 2.65. The zero-order valence-corrected chi connectivity index (χ0v) is 11.1. The lowest BCUT2D eigenvalue weighted by molar-refractivity contribution is 0.724. The van der Waals surface area contributed by atoms with Crippen LogP contribution in [0.25, 0.3) is 22.3 Å². The zero-order chi connectivity index (χ0) is 12.6. The summed E-state index contributed by atoms with van der Waals surface area (Å²) < 4.78 is 0. The topological polar surface area (TPSA) is 0 Å². The fraction of sp³-hybridized carbons (Fsp3) is 0.200. The average Bonchev–Trinajstić information content (AvgIpc) is 3.13. The summed E-state index contributed by atoms with van der Waals surface area (Å²) in [4.78, 5) is 0. The molecule has 92 valence electrons. The molecule has 1 unspecified atom stereocenters. The van der Waals surface area contributed by atoms with Crippen LogP contribution in [0.5, 0.6) is 0 Å². The normalized spacial score (nSPS) is 23.5. The highest BCUT2D eigenvalue weighted by Gasteiger charge is 2.48. The first-order valence-electron chi connectivity index (χ1n) is 7.66. The van der Waals surface area contributed by atoms with Crippen LogP contribution in [0.1, 0.15) is 51.3 Å². The van der Waals surface area contributed by atoms with Gasteiger partial charge in [0.05, 0.1) is 0 Å². The molecule has 0 spiro atoms. The van der Waals surface area contributed by atoms with Crippen LogP contribution in [-0.4, -0.2) is 0 Å². The highest BCUT2D eigenvalue weighted by molar-refractivity contribution is 6.06. The Morgan fingerprint density at radius 2 is 1.65 bits per heavy atom. The molecule has 0 saturated heterocycles. The molecule has 0 saturated carbocycles. The van der Waals surface area contributed by atoms with E-state index >= 15 is 0 Å². The van der Waals surface area contributed by atoms with E-state index in [0.717, 1.165) is 5.92 Å². The predicted molar refractivity (Wildman–Crippen MR) is 80.8 cm³/mol. The van der Waals surface area contributed by atoms with Gasteiger partial charge in [-0.1, -0.05) is 30.4 Å². The number of benzene rings is 2. The Morgan fingerprint density at radius 1 is 0.800 bits per heavy atom. The molecule has 0 nitrogen and oxygen atoms in total. The molecule has 0 amide bonds. The fourth-order valence-electron chi connectivity index (χ4n) is 5.50. The van der Waals surface area contributed by atoms with Crippen molar-refractivity contribution < 1.29 is 0 Å². The van der Waals surface area contributed by atoms with Gasteiger partial charge < -0.3 is 0 Å². The van der Waals surface area contributed by atoms with E-state index in [0.29, 0.717) is 0 Å². The van der Waals surface area contributed by atoms with Crippen molar-refractivity contribution in [1.82, 2.24) is 0 Å². The van der Waals surface area contributed by atoms with Crippen molar-refractivity contribution in [3.05, 3.63) is 69.3 Å². The minimum absolute atomic E-state index is 0.730. The van der Waals surface area contributed by atoms with Crippen LogP contribution in [0.4, 0.5) is 0 Å². The fourth-order valence-corrected chi connectivity index (χ4v) is 5.50. The Labute approximate surface area is 117 Å². The minimum atomic E-state index is 0.730. The maximum atomic E-state index is 2.37. The van der Waals surface area contributed by atoms with E-state index < -0.39 is 0 Å². The lowest BCUT2D eigenvalue weighted by Gasteiger charge is -2.32. The van der Waals surface area contributed by atoms with Gasteiger partial charge in [0.2, 0.25) is 0 Å². The second-order valence-electron chi connectivity index (χ2n) is 6.87. The molecule has 0 N–H and O–H groups in total. The van der Waals surface area contributed by atoms with Crippen LogP contribution in [0, 0.1) is 0 Å². The zero-order valence-electron chi connectivity index (χ0n) is 11.1. The Bertz CT molecular complexity index is 966. The quantitative estimate of drug-likeness (QED) is 0.554. The summed E-state index contributed by atoms with van der Waals surface area (Å²) in [5.74, 6) is 0.730. The van der Waals surface area contributed by atoms with Gasteiger partial charge >= 0.3 is 0 Å². The first-order valence-corrected chi connectivity index (χ1v) is 7.66. The van der Waals surface area contributed by atoms with Crippen LogP contribution in [0.2, 0.25) is 0 Å². The largest absolute Gasteiger partial charge is 0.0616 e. The van der Waals surface area contributed by atoms with Gasteiger partial charge in [0.15, 0.2) is 0 Å². The van der Waals surface area contributed by atoms with E-state index in [4.69, 9.17) is 0 Å². The van der Waals surface area contributed by atoms with E-state index in [9.17, 15) is 0 Å². The van der Waals surface area contributed by atoms with Crippen LogP contribution in [-0.2, 0) is 12.8 Å².